The summed E-state index contributed by atoms with van der Waals surface area (Å²) < 4.78 is 27.5. The zero-order valence-electron chi connectivity index (χ0n) is 11.9. The van der Waals surface area contributed by atoms with Crippen LogP contribution in [0.25, 0.3) is 11.0 Å². The fourth-order valence-corrected chi connectivity index (χ4v) is 4.58. The fraction of sp³-hybridized carbons (Fsp3) is 0.133. The summed E-state index contributed by atoms with van der Waals surface area (Å²) in [6, 6.07) is 8.35. The Hall–Kier alpha value is -1.86. The number of halogens is 1. The predicted molar refractivity (Wildman–Crippen MR) is 88.8 cm³/mol. The zero-order chi connectivity index (χ0) is 16.1. The molecule has 3 rings (SSSR count). The topological polar surface area (TPSA) is 71.9 Å². The minimum absolute atomic E-state index is 0.222. The van der Waals surface area contributed by atoms with Gasteiger partial charge >= 0.3 is 0 Å². The van der Waals surface area contributed by atoms with Crippen molar-refractivity contribution in [3.8, 4) is 0 Å². The highest BCUT2D eigenvalue weighted by molar-refractivity contribution is 9.10. The second-order valence-corrected chi connectivity index (χ2v) is 7.66. The highest BCUT2D eigenvalue weighted by Crippen LogP contribution is 2.25. The van der Waals surface area contributed by atoms with E-state index in [0.29, 0.717) is 21.1 Å². The molecular formula is C15H13BrN2O3S. The maximum Gasteiger partial charge on any atom is 0.269 e. The smallest absolute Gasteiger partial charge is 0.269 e. The molecule has 0 unspecified atom stereocenters. The van der Waals surface area contributed by atoms with E-state index in [-0.39, 0.29) is 16.0 Å². The summed E-state index contributed by atoms with van der Waals surface area (Å²) in [6.07, 6.45) is 1.45. The summed E-state index contributed by atoms with van der Waals surface area (Å²) in [6.45, 7) is 3.41. The van der Waals surface area contributed by atoms with E-state index < -0.39 is 10.0 Å². The molecule has 1 aromatic carbocycles. The van der Waals surface area contributed by atoms with Crippen LogP contribution in [0.4, 0.5) is 0 Å². The lowest BCUT2D eigenvalue weighted by atomic mass is 10.2. The largest absolute Gasteiger partial charge is 0.345 e. The predicted octanol–water partition coefficient (Wildman–Crippen LogP) is 2.95. The monoisotopic (exact) mass is 380 g/mol. The molecule has 2 heterocycles. The van der Waals surface area contributed by atoms with Gasteiger partial charge in [-0.3, -0.25) is 4.79 Å². The Kier molecular flexibility index (Phi) is 3.49. The van der Waals surface area contributed by atoms with Crippen LogP contribution in [-0.2, 0) is 10.0 Å². The second kappa shape index (κ2) is 5.10. The highest BCUT2D eigenvalue weighted by atomic mass is 79.9. The first-order chi connectivity index (χ1) is 10.3. The molecule has 0 saturated heterocycles. The van der Waals surface area contributed by atoms with E-state index >= 15 is 0 Å². The number of hydrogen-bond acceptors (Lipinski definition) is 3. The number of aryl methyl sites for hydroxylation is 2. The Balaban J connectivity index is 2.41. The van der Waals surface area contributed by atoms with Crippen molar-refractivity contribution in [3.05, 3.63) is 62.5 Å². The molecule has 114 valence electrons. The number of nitrogens with zero attached hydrogens (tertiary/aromatic N) is 1. The van der Waals surface area contributed by atoms with Gasteiger partial charge in [-0.15, -0.1) is 0 Å². The minimum Gasteiger partial charge on any atom is -0.345 e. The van der Waals surface area contributed by atoms with Crippen molar-refractivity contribution in [2.24, 2.45) is 0 Å². The molecule has 0 bridgehead atoms. The van der Waals surface area contributed by atoms with Crippen molar-refractivity contribution in [1.29, 1.82) is 0 Å². The molecule has 0 atom stereocenters. The molecule has 0 amide bonds. The number of aromatic amines is 1. The van der Waals surface area contributed by atoms with Crippen LogP contribution in [-0.4, -0.2) is 17.4 Å². The van der Waals surface area contributed by atoms with Crippen molar-refractivity contribution in [2.45, 2.75) is 18.7 Å². The number of rotatable bonds is 2. The Morgan fingerprint density at radius 2 is 1.86 bits per heavy atom. The lowest BCUT2D eigenvalue weighted by Gasteiger charge is -2.11. The molecule has 0 fully saturated rings. The van der Waals surface area contributed by atoms with Crippen LogP contribution in [0.2, 0.25) is 0 Å². The molecule has 5 nitrogen and oxygen atoms in total. The summed E-state index contributed by atoms with van der Waals surface area (Å²) in [5, 5.41) is 0.337. The van der Waals surface area contributed by atoms with Crippen molar-refractivity contribution in [3.63, 3.8) is 0 Å². The number of hydrogen-bond donors (Lipinski definition) is 1. The molecule has 0 aliphatic carbocycles. The van der Waals surface area contributed by atoms with E-state index in [4.69, 9.17) is 0 Å². The van der Waals surface area contributed by atoms with Crippen molar-refractivity contribution >= 4 is 37.0 Å². The van der Waals surface area contributed by atoms with E-state index in [1.165, 1.54) is 10.2 Å². The molecule has 1 N–H and O–H groups in total. The molecule has 3 aromatic rings. The van der Waals surface area contributed by atoms with Gasteiger partial charge in [0.05, 0.1) is 14.8 Å². The SMILES string of the molecule is Cc1ccccc1S(=O)(=O)n1c(C)cc2c(=O)c(Br)c[nH]c21. The van der Waals surface area contributed by atoms with Crippen LogP contribution in [0, 0.1) is 13.8 Å². The number of nitrogens with one attached hydrogen (secondary N) is 1. The maximum atomic E-state index is 13.0. The number of fused-ring (bicyclic) bond motifs is 1. The van der Waals surface area contributed by atoms with Crippen LogP contribution >= 0.6 is 15.9 Å². The number of benzene rings is 1. The van der Waals surface area contributed by atoms with Crippen LogP contribution in [0.5, 0.6) is 0 Å². The average molecular weight is 381 g/mol. The van der Waals surface area contributed by atoms with Gasteiger partial charge in [-0.05, 0) is 47.5 Å². The first kappa shape index (κ1) is 15.1. The van der Waals surface area contributed by atoms with E-state index in [2.05, 4.69) is 20.9 Å². The lowest BCUT2D eigenvalue weighted by Crippen LogP contribution is -2.16. The normalized spacial score (nSPS) is 12.0. The summed E-state index contributed by atoms with van der Waals surface area (Å²) in [5.41, 5.74) is 1.16. The molecular weight excluding hydrogens is 368 g/mol. The third-order valence-corrected chi connectivity index (χ3v) is 6.09. The Labute approximate surface area is 135 Å². The summed E-state index contributed by atoms with van der Waals surface area (Å²) >= 11 is 3.15. The number of pyridine rings is 1. The fourth-order valence-electron chi connectivity index (χ4n) is 2.51. The van der Waals surface area contributed by atoms with Crippen molar-refractivity contribution in [1.82, 2.24) is 8.96 Å². The Bertz CT molecular complexity index is 1050. The van der Waals surface area contributed by atoms with Crippen molar-refractivity contribution < 1.29 is 8.42 Å². The van der Waals surface area contributed by atoms with E-state index in [1.807, 2.05) is 0 Å². The van der Waals surface area contributed by atoms with Gasteiger partial charge in [-0.25, -0.2) is 12.4 Å². The number of aromatic nitrogens is 2. The van der Waals surface area contributed by atoms with Gasteiger partial charge in [0, 0.05) is 11.9 Å². The molecule has 7 heteroatoms. The highest BCUT2D eigenvalue weighted by Gasteiger charge is 2.24. The summed E-state index contributed by atoms with van der Waals surface area (Å²) in [7, 11) is -3.78. The Morgan fingerprint density at radius 3 is 2.55 bits per heavy atom. The number of H-pyrrole nitrogens is 1. The van der Waals surface area contributed by atoms with E-state index in [1.54, 1.807) is 44.2 Å². The molecule has 0 aliphatic rings. The molecule has 0 saturated carbocycles. The Morgan fingerprint density at radius 1 is 1.18 bits per heavy atom. The van der Waals surface area contributed by atoms with Gasteiger partial charge in [0.25, 0.3) is 10.0 Å². The maximum absolute atomic E-state index is 13.0. The third-order valence-electron chi connectivity index (χ3n) is 3.54. The molecule has 0 radical (unpaired) electrons. The first-order valence-electron chi connectivity index (χ1n) is 6.54. The lowest BCUT2D eigenvalue weighted by molar-refractivity contribution is 0.587. The van der Waals surface area contributed by atoms with Crippen LogP contribution in [0.15, 0.2) is 50.7 Å². The standard InChI is InChI=1S/C15H13BrN2O3S/c1-9-5-3-4-6-13(9)22(20,21)18-10(2)7-11-14(19)12(16)8-17-15(11)18/h3-8H,1-2H3,(H,17,19). The summed E-state index contributed by atoms with van der Waals surface area (Å²) in [4.78, 5) is 15.3. The van der Waals surface area contributed by atoms with Gasteiger partial charge in [-0.1, -0.05) is 18.2 Å². The van der Waals surface area contributed by atoms with Gasteiger partial charge in [0.2, 0.25) is 5.43 Å². The third kappa shape index (κ3) is 2.12. The second-order valence-electron chi connectivity index (χ2n) is 5.05. The van der Waals surface area contributed by atoms with Crippen LogP contribution < -0.4 is 5.43 Å². The van der Waals surface area contributed by atoms with E-state index in [0.717, 1.165) is 0 Å². The van der Waals surface area contributed by atoms with Crippen LogP contribution in [0.1, 0.15) is 11.3 Å². The molecule has 0 aliphatic heterocycles. The van der Waals surface area contributed by atoms with Gasteiger partial charge in [-0.2, -0.15) is 0 Å². The van der Waals surface area contributed by atoms with Crippen molar-refractivity contribution in [2.75, 3.05) is 0 Å². The van der Waals surface area contributed by atoms with Crippen LogP contribution in [0.3, 0.4) is 0 Å². The quantitative estimate of drug-likeness (QED) is 0.742. The molecule has 2 aromatic heterocycles. The van der Waals surface area contributed by atoms with Gasteiger partial charge in [0.1, 0.15) is 5.65 Å². The first-order valence-corrected chi connectivity index (χ1v) is 8.78. The van der Waals surface area contributed by atoms with Gasteiger partial charge in [0.15, 0.2) is 0 Å². The zero-order valence-corrected chi connectivity index (χ0v) is 14.3. The van der Waals surface area contributed by atoms with E-state index in [9.17, 15) is 13.2 Å². The minimum atomic E-state index is -3.78. The average Bonchev–Trinajstić information content (AvgIpc) is 2.81. The van der Waals surface area contributed by atoms with Gasteiger partial charge < -0.3 is 4.98 Å². The molecule has 22 heavy (non-hydrogen) atoms. The molecule has 0 spiro atoms. The summed E-state index contributed by atoms with van der Waals surface area (Å²) in [5.74, 6) is 0.